The van der Waals surface area contributed by atoms with Gasteiger partial charge in [0.25, 0.3) is 0 Å². The first-order chi connectivity index (χ1) is 10.2. The van der Waals surface area contributed by atoms with Gasteiger partial charge in [0, 0.05) is 10.6 Å². The molecule has 1 aliphatic rings. The fourth-order valence-corrected chi connectivity index (χ4v) is 3.42. The number of hydrogen-bond acceptors (Lipinski definition) is 1. The van der Waals surface area contributed by atoms with Crippen molar-refractivity contribution in [3.8, 4) is 0 Å². The maximum atomic E-state index is 11.8. The third-order valence-corrected chi connectivity index (χ3v) is 4.54. The molecular weight excluding hydrogens is 298 g/mol. The highest BCUT2D eigenvalue weighted by Crippen LogP contribution is 2.48. The molecule has 120 valence electrons. The Labute approximate surface area is 137 Å². The van der Waals surface area contributed by atoms with Crippen LogP contribution in [-0.2, 0) is 12.8 Å². The maximum Gasteiger partial charge on any atom is 0.408 e. The lowest BCUT2D eigenvalue weighted by atomic mass is 9.95. The number of nitrogens with zero attached hydrogens (tertiary/aromatic N) is 1. The summed E-state index contributed by atoms with van der Waals surface area (Å²) >= 11 is 6.34. The number of allylic oxidation sites excluding steroid dienone is 1. The van der Waals surface area contributed by atoms with E-state index in [1.807, 2.05) is 39.0 Å². The van der Waals surface area contributed by atoms with Gasteiger partial charge in [0.15, 0.2) is 0 Å². The van der Waals surface area contributed by atoms with Crippen molar-refractivity contribution in [1.82, 2.24) is 4.90 Å². The van der Waals surface area contributed by atoms with Crippen LogP contribution < -0.4 is 0 Å². The first-order valence-electron chi connectivity index (χ1n) is 7.61. The number of halogens is 1. The molecular formula is C18H24ClNO2. The van der Waals surface area contributed by atoms with Crippen LogP contribution >= 0.6 is 11.6 Å². The minimum Gasteiger partial charge on any atom is -0.465 e. The molecule has 1 N–H and O–H groups in total. The van der Waals surface area contributed by atoms with E-state index < -0.39 is 11.6 Å². The van der Waals surface area contributed by atoms with Crippen molar-refractivity contribution in [1.29, 1.82) is 0 Å². The standard InChI is InChI=1S/C18H24ClNO2/c1-5-6-13-7-8-15(19)14(11-13)12-18(9-10-18)20(16(21)22)17(2,3)4/h5,7-8,11H,1,6,9-10,12H2,2-4H3,(H,21,22). The molecule has 0 heterocycles. The molecule has 0 spiro atoms. The highest BCUT2D eigenvalue weighted by Gasteiger charge is 2.54. The van der Waals surface area contributed by atoms with E-state index in [1.54, 1.807) is 4.90 Å². The highest BCUT2D eigenvalue weighted by atomic mass is 35.5. The van der Waals surface area contributed by atoms with Crippen molar-refractivity contribution in [2.24, 2.45) is 0 Å². The molecule has 0 aromatic heterocycles. The van der Waals surface area contributed by atoms with Crippen LogP contribution in [0.25, 0.3) is 0 Å². The molecule has 0 radical (unpaired) electrons. The van der Waals surface area contributed by atoms with Crippen molar-refractivity contribution in [2.75, 3.05) is 0 Å². The van der Waals surface area contributed by atoms with E-state index in [2.05, 4.69) is 12.6 Å². The summed E-state index contributed by atoms with van der Waals surface area (Å²) in [4.78, 5) is 13.4. The second-order valence-electron chi connectivity index (χ2n) is 7.11. The van der Waals surface area contributed by atoms with Crippen molar-refractivity contribution < 1.29 is 9.90 Å². The molecule has 0 atom stereocenters. The minimum absolute atomic E-state index is 0.319. The SMILES string of the molecule is C=CCc1ccc(Cl)c(CC2(N(C(=O)O)C(C)(C)C)CC2)c1. The molecule has 0 unspecified atom stereocenters. The Bertz CT molecular complexity index is 585. The van der Waals surface area contributed by atoms with E-state index in [1.165, 1.54) is 0 Å². The normalized spacial score (nSPS) is 16.2. The third kappa shape index (κ3) is 3.46. The molecule has 2 rings (SSSR count). The molecule has 4 heteroatoms. The van der Waals surface area contributed by atoms with Crippen LogP contribution in [-0.4, -0.2) is 27.2 Å². The van der Waals surface area contributed by atoms with Gasteiger partial charge in [0.1, 0.15) is 0 Å². The van der Waals surface area contributed by atoms with Gasteiger partial charge in [-0.15, -0.1) is 6.58 Å². The second-order valence-corrected chi connectivity index (χ2v) is 7.52. The van der Waals surface area contributed by atoms with Gasteiger partial charge in [0.05, 0.1) is 5.54 Å². The monoisotopic (exact) mass is 321 g/mol. The fraction of sp³-hybridized carbons (Fsp3) is 0.500. The zero-order valence-electron chi connectivity index (χ0n) is 13.5. The van der Waals surface area contributed by atoms with Crippen LogP contribution in [0, 0.1) is 0 Å². The molecule has 3 nitrogen and oxygen atoms in total. The molecule has 22 heavy (non-hydrogen) atoms. The number of benzene rings is 1. The van der Waals surface area contributed by atoms with Gasteiger partial charge in [-0.3, -0.25) is 4.90 Å². The molecule has 1 aromatic carbocycles. The van der Waals surface area contributed by atoms with E-state index in [-0.39, 0.29) is 5.54 Å². The summed E-state index contributed by atoms with van der Waals surface area (Å²) in [5.41, 5.74) is 1.44. The van der Waals surface area contributed by atoms with Crippen molar-refractivity contribution >= 4 is 17.7 Å². The number of hydrogen-bond donors (Lipinski definition) is 1. The number of carbonyl (C=O) groups is 1. The summed E-state index contributed by atoms with van der Waals surface area (Å²) in [6, 6.07) is 5.96. The molecule has 1 fully saturated rings. The van der Waals surface area contributed by atoms with Gasteiger partial charge < -0.3 is 5.11 Å². The van der Waals surface area contributed by atoms with E-state index in [9.17, 15) is 9.90 Å². The van der Waals surface area contributed by atoms with Crippen LogP contribution in [0.15, 0.2) is 30.9 Å². The second kappa shape index (κ2) is 5.96. The van der Waals surface area contributed by atoms with E-state index in [0.29, 0.717) is 11.4 Å². The van der Waals surface area contributed by atoms with E-state index >= 15 is 0 Å². The summed E-state index contributed by atoms with van der Waals surface area (Å²) in [7, 11) is 0. The summed E-state index contributed by atoms with van der Waals surface area (Å²) in [6.07, 6.45) is 4.23. The summed E-state index contributed by atoms with van der Waals surface area (Å²) in [5, 5.41) is 10.4. The topological polar surface area (TPSA) is 40.5 Å². The predicted molar refractivity (Wildman–Crippen MR) is 90.6 cm³/mol. The Hall–Kier alpha value is -1.48. The van der Waals surface area contributed by atoms with E-state index in [4.69, 9.17) is 11.6 Å². The molecule has 1 aliphatic carbocycles. The van der Waals surface area contributed by atoms with Gasteiger partial charge in [-0.2, -0.15) is 0 Å². The quantitative estimate of drug-likeness (QED) is 0.782. The maximum absolute atomic E-state index is 11.8. The van der Waals surface area contributed by atoms with Gasteiger partial charge in [-0.1, -0.05) is 29.8 Å². The first kappa shape index (κ1) is 16.9. The average Bonchev–Trinajstić information content (AvgIpc) is 3.11. The molecule has 1 amide bonds. The van der Waals surface area contributed by atoms with Gasteiger partial charge in [-0.25, -0.2) is 4.79 Å². The van der Waals surface area contributed by atoms with Crippen LogP contribution in [0.5, 0.6) is 0 Å². The molecule has 1 aromatic rings. The van der Waals surface area contributed by atoms with Crippen molar-refractivity contribution in [2.45, 2.75) is 57.5 Å². The van der Waals surface area contributed by atoms with Crippen LogP contribution in [0.4, 0.5) is 4.79 Å². The highest BCUT2D eigenvalue weighted by molar-refractivity contribution is 6.31. The zero-order valence-corrected chi connectivity index (χ0v) is 14.3. The number of carboxylic acid groups (broad SMARTS) is 1. The Balaban J connectivity index is 2.31. The zero-order chi connectivity index (χ0) is 16.5. The average molecular weight is 322 g/mol. The Morgan fingerprint density at radius 2 is 2.09 bits per heavy atom. The summed E-state index contributed by atoms with van der Waals surface area (Å²) in [6.45, 7) is 9.58. The van der Waals surface area contributed by atoms with Gasteiger partial charge >= 0.3 is 6.09 Å². The Kier molecular flexibility index (Phi) is 4.57. The summed E-state index contributed by atoms with van der Waals surface area (Å²) < 4.78 is 0. The van der Waals surface area contributed by atoms with Gasteiger partial charge in [-0.05, 0) is 63.6 Å². The van der Waals surface area contributed by atoms with E-state index in [0.717, 1.165) is 30.4 Å². The molecule has 1 saturated carbocycles. The minimum atomic E-state index is -0.858. The lowest BCUT2D eigenvalue weighted by Gasteiger charge is -2.40. The fourth-order valence-electron chi connectivity index (χ4n) is 3.24. The molecule has 0 bridgehead atoms. The lowest BCUT2D eigenvalue weighted by Crippen LogP contribution is -2.53. The van der Waals surface area contributed by atoms with Crippen molar-refractivity contribution in [3.05, 3.63) is 47.0 Å². The Morgan fingerprint density at radius 1 is 1.45 bits per heavy atom. The first-order valence-corrected chi connectivity index (χ1v) is 7.99. The largest absolute Gasteiger partial charge is 0.465 e. The lowest BCUT2D eigenvalue weighted by molar-refractivity contribution is 0.0606. The van der Waals surface area contributed by atoms with Crippen LogP contribution in [0.3, 0.4) is 0 Å². The van der Waals surface area contributed by atoms with Crippen LogP contribution in [0.1, 0.15) is 44.7 Å². The molecule has 0 saturated heterocycles. The van der Waals surface area contributed by atoms with Gasteiger partial charge in [0.2, 0.25) is 0 Å². The number of rotatable bonds is 5. The third-order valence-electron chi connectivity index (χ3n) is 4.17. The molecule has 0 aliphatic heterocycles. The van der Waals surface area contributed by atoms with Crippen molar-refractivity contribution in [3.63, 3.8) is 0 Å². The number of amides is 1. The van der Waals surface area contributed by atoms with Crippen LogP contribution in [0.2, 0.25) is 5.02 Å². The Morgan fingerprint density at radius 3 is 2.55 bits per heavy atom. The smallest absolute Gasteiger partial charge is 0.408 e. The predicted octanol–water partition coefficient (Wildman–Crippen LogP) is 4.92. The summed E-state index contributed by atoms with van der Waals surface area (Å²) in [5.74, 6) is 0.